The van der Waals surface area contributed by atoms with Crippen molar-refractivity contribution in [3.05, 3.63) is 38.8 Å². The molecule has 2 aromatic rings. The van der Waals surface area contributed by atoms with Crippen LogP contribution in [0.15, 0.2) is 22.6 Å². The van der Waals surface area contributed by atoms with Gasteiger partial charge >= 0.3 is 0 Å². The Labute approximate surface area is 110 Å². The lowest BCUT2D eigenvalue weighted by Gasteiger charge is -2.06. The molecule has 0 unspecified atom stereocenters. The van der Waals surface area contributed by atoms with Gasteiger partial charge in [-0.2, -0.15) is 0 Å². The summed E-state index contributed by atoms with van der Waals surface area (Å²) in [5.41, 5.74) is 0.969. The highest BCUT2D eigenvalue weighted by Gasteiger charge is 2.03. The fraction of sp³-hybridized carbons (Fsp3) is 0.417. The quantitative estimate of drug-likeness (QED) is 0.892. The third-order valence-electron chi connectivity index (χ3n) is 2.55. The summed E-state index contributed by atoms with van der Waals surface area (Å²) in [5, 5.41) is 6.17. The van der Waals surface area contributed by atoms with Crippen LogP contribution in [-0.2, 0) is 13.0 Å². The van der Waals surface area contributed by atoms with E-state index in [1.807, 2.05) is 19.2 Å². The second kappa shape index (κ2) is 5.77. The predicted octanol–water partition coefficient (Wildman–Crippen LogP) is 1.68. The Morgan fingerprint density at radius 2 is 2.33 bits per heavy atom. The van der Waals surface area contributed by atoms with Gasteiger partial charge in [-0.25, -0.2) is 9.97 Å². The molecule has 0 spiro atoms. The fourth-order valence-corrected chi connectivity index (χ4v) is 2.40. The Morgan fingerprint density at radius 1 is 1.50 bits per heavy atom. The van der Waals surface area contributed by atoms with Crippen molar-refractivity contribution in [1.82, 2.24) is 14.5 Å². The van der Waals surface area contributed by atoms with Crippen LogP contribution in [0.1, 0.15) is 17.6 Å². The van der Waals surface area contributed by atoms with Crippen molar-refractivity contribution in [2.75, 3.05) is 11.9 Å². The number of nitrogens with zero attached hydrogens (tertiary/aromatic N) is 3. The molecule has 0 aromatic carbocycles. The molecule has 0 saturated carbocycles. The summed E-state index contributed by atoms with van der Waals surface area (Å²) in [6.45, 7) is 5.24. The summed E-state index contributed by atoms with van der Waals surface area (Å²) in [4.78, 5) is 20.3. The van der Waals surface area contributed by atoms with E-state index < -0.39 is 0 Å². The molecule has 0 saturated heterocycles. The molecule has 2 heterocycles. The van der Waals surface area contributed by atoms with Crippen LogP contribution in [-0.4, -0.2) is 21.1 Å². The maximum absolute atomic E-state index is 11.9. The molecule has 0 aliphatic carbocycles. The minimum Gasteiger partial charge on any atom is -0.365 e. The Bertz CT molecular complexity index is 575. The first kappa shape index (κ1) is 12.8. The van der Waals surface area contributed by atoms with Crippen LogP contribution in [0.3, 0.4) is 0 Å². The first-order valence-electron chi connectivity index (χ1n) is 5.91. The molecule has 6 heteroatoms. The molecule has 0 radical (unpaired) electrons. The van der Waals surface area contributed by atoms with Gasteiger partial charge in [-0.3, -0.25) is 4.79 Å². The van der Waals surface area contributed by atoms with Crippen molar-refractivity contribution >= 4 is 17.2 Å². The molecule has 96 valence electrons. The molecule has 2 rings (SSSR count). The van der Waals surface area contributed by atoms with Crippen LogP contribution in [0.25, 0.3) is 0 Å². The van der Waals surface area contributed by atoms with Crippen LogP contribution in [0.4, 0.5) is 5.82 Å². The average molecular weight is 264 g/mol. The van der Waals surface area contributed by atoms with Gasteiger partial charge in [0.05, 0.1) is 5.01 Å². The molecular weight excluding hydrogens is 248 g/mol. The smallest absolute Gasteiger partial charge is 0.293 e. The highest BCUT2D eigenvalue weighted by atomic mass is 32.1. The van der Waals surface area contributed by atoms with Crippen LogP contribution in [0, 0.1) is 6.92 Å². The van der Waals surface area contributed by atoms with Gasteiger partial charge in [-0.15, -0.1) is 11.3 Å². The lowest BCUT2D eigenvalue weighted by atomic mass is 10.4. The van der Waals surface area contributed by atoms with Gasteiger partial charge in [0.15, 0.2) is 5.82 Å². The van der Waals surface area contributed by atoms with E-state index in [-0.39, 0.29) is 5.56 Å². The standard InChI is InChI=1S/C12H16N4OS/c1-3-16-7-6-14-11(12(16)17)13-5-4-10-15-9(2)8-18-10/h6-8H,3-5H2,1-2H3,(H,13,14). The number of aryl methyl sites for hydroxylation is 2. The summed E-state index contributed by atoms with van der Waals surface area (Å²) in [7, 11) is 0. The van der Waals surface area contributed by atoms with Gasteiger partial charge in [-0.1, -0.05) is 0 Å². The summed E-state index contributed by atoms with van der Waals surface area (Å²) in [6.07, 6.45) is 4.14. The van der Waals surface area contributed by atoms with E-state index in [0.29, 0.717) is 18.9 Å². The molecule has 0 aliphatic heterocycles. The van der Waals surface area contributed by atoms with E-state index >= 15 is 0 Å². The Kier molecular flexibility index (Phi) is 4.09. The zero-order chi connectivity index (χ0) is 13.0. The second-order valence-electron chi connectivity index (χ2n) is 3.93. The van der Waals surface area contributed by atoms with E-state index in [1.165, 1.54) is 0 Å². The second-order valence-corrected chi connectivity index (χ2v) is 4.87. The van der Waals surface area contributed by atoms with E-state index in [2.05, 4.69) is 15.3 Å². The van der Waals surface area contributed by atoms with E-state index in [4.69, 9.17) is 0 Å². The van der Waals surface area contributed by atoms with Gasteiger partial charge in [0.25, 0.3) is 5.56 Å². The zero-order valence-corrected chi connectivity index (χ0v) is 11.3. The van der Waals surface area contributed by atoms with Crippen LogP contribution in [0.2, 0.25) is 0 Å². The zero-order valence-electron chi connectivity index (χ0n) is 10.5. The van der Waals surface area contributed by atoms with Crippen molar-refractivity contribution in [1.29, 1.82) is 0 Å². The maximum Gasteiger partial charge on any atom is 0.293 e. The molecule has 0 bridgehead atoms. The van der Waals surface area contributed by atoms with E-state index in [1.54, 1.807) is 28.3 Å². The topological polar surface area (TPSA) is 59.8 Å². The van der Waals surface area contributed by atoms with Gasteiger partial charge in [-0.05, 0) is 13.8 Å². The molecule has 2 aromatic heterocycles. The number of hydrogen-bond donors (Lipinski definition) is 1. The molecule has 0 aliphatic rings. The van der Waals surface area contributed by atoms with Gasteiger partial charge < -0.3 is 9.88 Å². The number of thiazole rings is 1. The van der Waals surface area contributed by atoms with E-state index in [0.717, 1.165) is 17.1 Å². The predicted molar refractivity (Wildman–Crippen MR) is 73.2 cm³/mol. The monoisotopic (exact) mass is 264 g/mol. The maximum atomic E-state index is 11.9. The SMILES string of the molecule is CCn1ccnc(NCCc2nc(C)cs2)c1=O. The Morgan fingerprint density at radius 3 is 3.00 bits per heavy atom. The molecule has 0 atom stereocenters. The van der Waals surface area contributed by atoms with Crippen LogP contribution < -0.4 is 10.9 Å². The highest BCUT2D eigenvalue weighted by Crippen LogP contribution is 2.09. The first-order chi connectivity index (χ1) is 8.70. The number of rotatable bonds is 5. The Hall–Kier alpha value is -1.69. The number of nitrogens with one attached hydrogen (secondary N) is 1. The fourth-order valence-electron chi connectivity index (χ4n) is 1.62. The summed E-state index contributed by atoms with van der Waals surface area (Å²) in [5.74, 6) is 0.410. The molecule has 1 N–H and O–H groups in total. The van der Waals surface area contributed by atoms with Gasteiger partial charge in [0, 0.05) is 43.0 Å². The lowest BCUT2D eigenvalue weighted by Crippen LogP contribution is -2.24. The average Bonchev–Trinajstić information content (AvgIpc) is 2.77. The van der Waals surface area contributed by atoms with Crippen molar-refractivity contribution in [3.8, 4) is 0 Å². The van der Waals surface area contributed by atoms with Crippen molar-refractivity contribution in [2.45, 2.75) is 26.8 Å². The first-order valence-corrected chi connectivity index (χ1v) is 6.79. The largest absolute Gasteiger partial charge is 0.365 e. The number of hydrogen-bond acceptors (Lipinski definition) is 5. The van der Waals surface area contributed by atoms with Gasteiger partial charge in [0.2, 0.25) is 0 Å². The minimum absolute atomic E-state index is 0.0738. The molecule has 18 heavy (non-hydrogen) atoms. The number of aromatic nitrogens is 3. The molecule has 0 fully saturated rings. The normalized spacial score (nSPS) is 10.6. The van der Waals surface area contributed by atoms with E-state index in [9.17, 15) is 4.79 Å². The lowest BCUT2D eigenvalue weighted by molar-refractivity contribution is 0.718. The third-order valence-corrected chi connectivity index (χ3v) is 3.58. The molecule has 0 amide bonds. The van der Waals surface area contributed by atoms with Gasteiger partial charge in [0.1, 0.15) is 0 Å². The summed E-state index contributed by atoms with van der Waals surface area (Å²) >= 11 is 1.64. The Balaban J connectivity index is 1.96. The minimum atomic E-state index is -0.0738. The summed E-state index contributed by atoms with van der Waals surface area (Å²) in [6, 6.07) is 0. The third kappa shape index (κ3) is 2.95. The van der Waals surface area contributed by atoms with Crippen LogP contribution in [0.5, 0.6) is 0 Å². The van der Waals surface area contributed by atoms with Crippen LogP contribution >= 0.6 is 11.3 Å². The summed E-state index contributed by atoms with van der Waals surface area (Å²) < 4.78 is 1.63. The number of anilines is 1. The molecular formula is C12H16N4OS. The van der Waals surface area contributed by atoms with Crippen molar-refractivity contribution in [2.24, 2.45) is 0 Å². The molecule has 5 nitrogen and oxygen atoms in total. The highest BCUT2D eigenvalue weighted by molar-refractivity contribution is 7.09. The van der Waals surface area contributed by atoms with Crippen molar-refractivity contribution < 1.29 is 0 Å². The van der Waals surface area contributed by atoms with Crippen molar-refractivity contribution in [3.63, 3.8) is 0 Å².